The number of piperazine rings is 1. The Hall–Kier alpha value is -3.57. The minimum Gasteiger partial charge on any atom is -0.467 e. The van der Waals surface area contributed by atoms with Crippen LogP contribution in [0.3, 0.4) is 0 Å². The van der Waals surface area contributed by atoms with Crippen LogP contribution in [0.2, 0.25) is 5.02 Å². The van der Waals surface area contributed by atoms with Gasteiger partial charge >= 0.3 is 6.01 Å². The quantitative estimate of drug-likeness (QED) is 0.521. The number of fused-ring (bicyclic) bond motifs is 2. The molecule has 0 radical (unpaired) electrons. The molecule has 5 rings (SSSR count). The number of hydrogen-bond acceptors (Lipinski definition) is 6. The molecule has 0 saturated carbocycles. The van der Waals surface area contributed by atoms with Crippen molar-refractivity contribution in [3.8, 4) is 17.9 Å². The molecule has 0 unspecified atom stereocenters. The van der Waals surface area contributed by atoms with Gasteiger partial charge in [-0.2, -0.15) is 9.97 Å². The van der Waals surface area contributed by atoms with E-state index in [2.05, 4.69) is 49.8 Å². The molecule has 1 amide bonds. The zero-order valence-electron chi connectivity index (χ0n) is 19.4. The van der Waals surface area contributed by atoms with E-state index in [9.17, 15) is 9.18 Å². The van der Waals surface area contributed by atoms with Crippen LogP contribution in [0.4, 0.5) is 15.9 Å². The van der Waals surface area contributed by atoms with Gasteiger partial charge in [0.1, 0.15) is 5.82 Å². The highest BCUT2D eigenvalue weighted by Crippen LogP contribution is 2.36. The van der Waals surface area contributed by atoms with Crippen LogP contribution in [0.15, 0.2) is 36.4 Å². The lowest BCUT2D eigenvalue weighted by Crippen LogP contribution is -2.49. The summed E-state index contributed by atoms with van der Waals surface area (Å²) in [5.74, 6) is 5.06. The molecule has 1 saturated heterocycles. The number of methoxy groups -OCH3 is 1. The van der Waals surface area contributed by atoms with E-state index in [1.54, 1.807) is 12.0 Å². The Morgan fingerprint density at radius 3 is 2.60 bits per heavy atom. The molecule has 0 aliphatic carbocycles. The lowest BCUT2D eigenvalue weighted by molar-refractivity contribution is -0.125. The van der Waals surface area contributed by atoms with Crippen LogP contribution in [0.5, 0.6) is 6.01 Å². The van der Waals surface area contributed by atoms with E-state index < -0.39 is 6.67 Å². The lowest BCUT2D eigenvalue weighted by atomic mass is 10.0. The molecular formula is C26H25ClFN5O2. The summed E-state index contributed by atoms with van der Waals surface area (Å²) in [6.45, 7) is 2.82. The second-order valence-corrected chi connectivity index (χ2v) is 8.87. The molecule has 7 nitrogen and oxygen atoms in total. The van der Waals surface area contributed by atoms with Crippen molar-refractivity contribution in [1.82, 2.24) is 14.9 Å². The maximum Gasteiger partial charge on any atom is 0.318 e. The number of amides is 1. The van der Waals surface area contributed by atoms with Gasteiger partial charge in [-0.3, -0.25) is 4.79 Å². The zero-order chi connectivity index (χ0) is 24.4. The molecule has 0 N–H and O–H groups in total. The van der Waals surface area contributed by atoms with Gasteiger partial charge in [-0.1, -0.05) is 41.8 Å². The maximum absolute atomic E-state index is 12.3. The first-order valence-electron chi connectivity index (χ1n) is 11.5. The van der Waals surface area contributed by atoms with E-state index >= 15 is 0 Å². The van der Waals surface area contributed by atoms with Gasteiger partial charge in [0.15, 0.2) is 6.67 Å². The van der Waals surface area contributed by atoms with E-state index in [0.717, 1.165) is 51.5 Å². The van der Waals surface area contributed by atoms with E-state index in [0.29, 0.717) is 38.7 Å². The molecule has 2 aliphatic heterocycles. The first kappa shape index (κ1) is 23.2. The van der Waals surface area contributed by atoms with Gasteiger partial charge in [0.25, 0.3) is 5.91 Å². The third-order valence-corrected chi connectivity index (χ3v) is 6.82. The standard InChI is InChI=1S/C26H25ClFN5O2/c1-35-26-29-21-17-33(22-8-3-6-18-5-2-7-20(27)24(18)22)12-10-19(21)25(30-26)32-15-13-31(14-16-32)23(34)9-4-11-28/h2-3,5-8H,10-17H2,1H3. The monoisotopic (exact) mass is 493 g/mol. The number of carbonyl (C=O) groups is 1. The molecule has 3 heterocycles. The topological polar surface area (TPSA) is 61.8 Å². The summed E-state index contributed by atoms with van der Waals surface area (Å²) in [6, 6.07) is 12.5. The van der Waals surface area contributed by atoms with Gasteiger partial charge in [0, 0.05) is 49.4 Å². The van der Waals surface area contributed by atoms with E-state index in [1.807, 2.05) is 18.2 Å². The second-order valence-electron chi connectivity index (χ2n) is 8.46. The average Bonchev–Trinajstić information content (AvgIpc) is 2.90. The van der Waals surface area contributed by atoms with Crippen molar-refractivity contribution >= 4 is 39.8 Å². The number of ether oxygens (including phenoxy) is 1. The number of benzene rings is 2. The van der Waals surface area contributed by atoms with E-state index in [-0.39, 0.29) is 5.91 Å². The van der Waals surface area contributed by atoms with Gasteiger partial charge < -0.3 is 19.4 Å². The number of halogens is 2. The highest BCUT2D eigenvalue weighted by Gasteiger charge is 2.29. The number of hydrogen-bond donors (Lipinski definition) is 0. The molecule has 1 aromatic heterocycles. The fourth-order valence-electron chi connectivity index (χ4n) is 4.80. The Morgan fingerprint density at radius 1 is 1.09 bits per heavy atom. The lowest BCUT2D eigenvalue weighted by Gasteiger charge is -2.37. The van der Waals surface area contributed by atoms with Gasteiger partial charge in [-0.05, 0) is 29.9 Å². The first-order chi connectivity index (χ1) is 17.1. The summed E-state index contributed by atoms with van der Waals surface area (Å²) in [5.41, 5.74) is 3.11. The number of anilines is 2. The number of carbonyl (C=O) groups excluding carboxylic acids is 1. The molecular weight excluding hydrogens is 469 g/mol. The van der Waals surface area contributed by atoms with Crippen LogP contribution in [0.1, 0.15) is 11.3 Å². The van der Waals surface area contributed by atoms with Crippen LogP contribution < -0.4 is 14.5 Å². The molecule has 2 aromatic carbocycles. The molecule has 2 aliphatic rings. The molecule has 9 heteroatoms. The Labute approximate surface area is 208 Å². The van der Waals surface area contributed by atoms with Gasteiger partial charge in [-0.25, -0.2) is 4.39 Å². The van der Waals surface area contributed by atoms with Crippen LogP contribution in [-0.4, -0.2) is 67.3 Å². The van der Waals surface area contributed by atoms with Crippen molar-refractivity contribution in [1.29, 1.82) is 0 Å². The van der Waals surface area contributed by atoms with Gasteiger partial charge in [-0.15, -0.1) is 0 Å². The highest BCUT2D eigenvalue weighted by atomic mass is 35.5. The first-order valence-corrected chi connectivity index (χ1v) is 11.9. The predicted molar refractivity (Wildman–Crippen MR) is 135 cm³/mol. The molecule has 0 bridgehead atoms. The largest absolute Gasteiger partial charge is 0.467 e. The van der Waals surface area contributed by atoms with Crippen LogP contribution in [-0.2, 0) is 17.8 Å². The fourth-order valence-corrected chi connectivity index (χ4v) is 5.07. The summed E-state index contributed by atoms with van der Waals surface area (Å²) in [4.78, 5) is 27.6. The Kier molecular flexibility index (Phi) is 6.60. The molecule has 1 fully saturated rings. The van der Waals surface area contributed by atoms with Crippen molar-refractivity contribution < 1.29 is 13.9 Å². The van der Waals surface area contributed by atoms with Crippen LogP contribution >= 0.6 is 11.6 Å². The molecule has 3 aromatic rings. The smallest absolute Gasteiger partial charge is 0.318 e. The summed E-state index contributed by atoms with van der Waals surface area (Å²) in [5, 5.41) is 2.87. The average molecular weight is 494 g/mol. The van der Waals surface area contributed by atoms with E-state index in [4.69, 9.17) is 16.3 Å². The molecule has 0 spiro atoms. The third-order valence-electron chi connectivity index (χ3n) is 6.51. The van der Waals surface area contributed by atoms with Crippen LogP contribution in [0.25, 0.3) is 10.8 Å². The second kappa shape index (κ2) is 9.96. The molecule has 35 heavy (non-hydrogen) atoms. The molecule has 0 atom stereocenters. The Morgan fingerprint density at radius 2 is 1.86 bits per heavy atom. The summed E-state index contributed by atoms with van der Waals surface area (Å²) in [6.07, 6.45) is 0.774. The van der Waals surface area contributed by atoms with E-state index in [1.165, 1.54) is 0 Å². The molecule has 180 valence electrons. The zero-order valence-corrected chi connectivity index (χ0v) is 20.2. The number of nitrogens with zero attached hydrogens (tertiary/aromatic N) is 5. The summed E-state index contributed by atoms with van der Waals surface area (Å²) in [7, 11) is 1.57. The predicted octanol–water partition coefficient (Wildman–Crippen LogP) is 3.48. The van der Waals surface area contributed by atoms with Crippen molar-refractivity contribution in [3.05, 3.63) is 52.7 Å². The Bertz CT molecular complexity index is 1330. The van der Waals surface area contributed by atoms with Crippen molar-refractivity contribution in [2.45, 2.75) is 13.0 Å². The maximum atomic E-state index is 12.3. The van der Waals surface area contributed by atoms with Gasteiger partial charge in [0.2, 0.25) is 0 Å². The summed E-state index contributed by atoms with van der Waals surface area (Å²) < 4.78 is 17.7. The van der Waals surface area contributed by atoms with Crippen molar-refractivity contribution in [3.63, 3.8) is 0 Å². The number of rotatable bonds is 3. The number of alkyl halides is 1. The van der Waals surface area contributed by atoms with Crippen molar-refractivity contribution in [2.75, 3.05) is 56.3 Å². The van der Waals surface area contributed by atoms with Crippen molar-refractivity contribution in [2.24, 2.45) is 0 Å². The normalized spacial score (nSPS) is 15.5. The number of aromatic nitrogens is 2. The third kappa shape index (κ3) is 4.56. The minimum absolute atomic E-state index is 0.323. The minimum atomic E-state index is -0.819. The fraction of sp³-hybridized carbons (Fsp3) is 0.346. The SMILES string of the molecule is COc1nc2c(c(N3CCN(C(=O)C#CCF)CC3)n1)CCN(c1cccc3cccc(Cl)c13)C2. The summed E-state index contributed by atoms with van der Waals surface area (Å²) >= 11 is 6.58. The Balaban J connectivity index is 1.42. The van der Waals surface area contributed by atoms with Crippen LogP contribution in [0, 0.1) is 11.8 Å². The highest BCUT2D eigenvalue weighted by molar-refractivity contribution is 6.36. The van der Waals surface area contributed by atoms with Gasteiger partial charge in [0.05, 0.1) is 24.4 Å².